The molecule has 0 fully saturated rings. The number of sulfone groups is 1. The summed E-state index contributed by atoms with van der Waals surface area (Å²) in [7, 11) is -3.12. The number of thioether (sulfide) groups is 1. The molecule has 0 amide bonds. The summed E-state index contributed by atoms with van der Waals surface area (Å²) in [4.78, 5) is 1.37. The summed E-state index contributed by atoms with van der Waals surface area (Å²) < 4.78 is 22.7. The molecule has 0 aliphatic carbocycles. The molecule has 2 rings (SSSR count). The molecular formula is C14H15NO2S2. The fourth-order valence-electron chi connectivity index (χ4n) is 1.61. The Balaban J connectivity index is 2.07. The van der Waals surface area contributed by atoms with Crippen molar-refractivity contribution in [2.45, 2.75) is 15.5 Å². The van der Waals surface area contributed by atoms with Crippen molar-refractivity contribution in [1.29, 1.82) is 0 Å². The summed E-state index contributed by atoms with van der Waals surface area (Å²) in [5.41, 5.74) is 7.74. The van der Waals surface area contributed by atoms with Gasteiger partial charge in [-0.2, -0.15) is 0 Å². The van der Waals surface area contributed by atoms with Crippen LogP contribution in [-0.4, -0.2) is 14.7 Å². The van der Waals surface area contributed by atoms with Gasteiger partial charge in [-0.05, 0) is 35.9 Å². The van der Waals surface area contributed by atoms with Crippen molar-refractivity contribution in [1.82, 2.24) is 0 Å². The maximum Gasteiger partial charge on any atom is 0.175 e. The van der Waals surface area contributed by atoms with Gasteiger partial charge in [-0.3, -0.25) is 0 Å². The molecule has 0 aliphatic heterocycles. The zero-order valence-corrected chi connectivity index (χ0v) is 12.2. The van der Waals surface area contributed by atoms with Crippen molar-refractivity contribution in [3.05, 3.63) is 54.1 Å². The Morgan fingerprint density at radius 2 is 1.68 bits per heavy atom. The van der Waals surface area contributed by atoms with Gasteiger partial charge in [-0.25, -0.2) is 8.42 Å². The normalized spacial score (nSPS) is 11.4. The first-order valence-electron chi connectivity index (χ1n) is 5.73. The first-order chi connectivity index (χ1) is 8.97. The van der Waals surface area contributed by atoms with Crippen LogP contribution < -0.4 is 5.73 Å². The van der Waals surface area contributed by atoms with Gasteiger partial charge < -0.3 is 5.73 Å². The van der Waals surface area contributed by atoms with Crippen LogP contribution >= 0.6 is 11.8 Å². The zero-order valence-electron chi connectivity index (χ0n) is 10.5. The van der Waals surface area contributed by atoms with E-state index in [1.807, 2.05) is 36.4 Å². The monoisotopic (exact) mass is 293 g/mol. The Morgan fingerprint density at radius 3 is 2.26 bits per heavy atom. The van der Waals surface area contributed by atoms with Gasteiger partial charge in [0.25, 0.3) is 0 Å². The highest BCUT2D eigenvalue weighted by molar-refractivity contribution is 7.98. The molecule has 0 aliphatic rings. The Morgan fingerprint density at radius 1 is 1.05 bits per heavy atom. The Bertz CT molecular complexity index is 664. The quantitative estimate of drug-likeness (QED) is 0.695. The maximum atomic E-state index is 11.3. The minimum Gasteiger partial charge on any atom is -0.398 e. The fourth-order valence-corrected chi connectivity index (χ4v) is 3.15. The molecule has 2 aromatic rings. The van der Waals surface area contributed by atoms with Crippen molar-refractivity contribution in [3.63, 3.8) is 0 Å². The van der Waals surface area contributed by atoms with Crippen LogP contribution in [0.15, 0.2) is 58.3 Å². The zero-order chi connectivity index (χ0) is 13.9. The van der Waals surface area contributed by atoms with Crippen LogP contribution in [0.3, 0.4) is 0 Å². The van der Waals surface area contributed by atoms with Gasteiger partial charge in [0.15, 0.2) is 9.84 Å². The lowest BCUT2D eigenvalue weighted by Gasteiger charge is -2.05. The van der Waals surface area contributed by atoms with Gasteiger partial charge in [0.05, 0.1) is 4.90 Å². The van der Waals surface area contributed by atoms with E-state index in [2.05, 4.69) is 0 Å². The molecule has 3 nitrogen and oxygen atoms in total. The molecule has 0 atom stereocenters. The van der Waals surface area contributed by atoms with Crippen molar-refractivity contribution >= 4 is 27.3 Å². The third-order valence-electron chi connectivity index (χ3n) is 2.70. The van der Waals surface area contributed by atoms with Gasteiger partial charge >= 0.3 is 0 Å². The number of anilines is 1. The van der Waals surface area contributed by atoms with Crippen LogP contribution in [0.4, 0.5) is 5.69 Å². The molecular weight excluding hydrogens is 278 g/mol. The molecule has 0 aromatic heterocycles. The lowest BCUT2D eigenvalue weighted by atomic mass is 10.2. The van der Waals surface area contributed by atoms with E-state index < -0.39 is 9.84 Å². The Kier molecular flexibility index (Phi) is 4.17. The van der Waals surface area contributed by atoms with Gasteiger partial charge in [-0.15, -0.1) is 11.8 Å². The average Bonchev–Trinajstić information content (AvgIpc) is 2.37. The number of benzene rings is 2. The van der Waals surface area contributed by atoms with Gasteiger partial charge in [0, 0.05) is 22.6 Å². The van der Waals surface area contributed by atoms with Gasteiger partial charge in [0.1, 0.15) is 0 Å². The Hall–Kier alpha value is -1.46. The van der Waals surface area contributed by atoms with Crippen molar-refractivity contribution < 1.29 is 8.42 Å². The van der Waals surface area contributed by atoms with E-state index >= 15 is 0 Å². The predicted molar refractivity (Wildman–Crippen MR) is 80.0 cm³/mol. The summed E-state index contributed by atoms with van der Waals surface area (Å²) in [6, 6.07) is 14.6. The topological polar surface area (TPSA) is 60.2 Å². The molecule has 0 saturated carbocycles. The average molecular weight is 293 g/mol. The molecule has 0 saturated heterocycles. The van der Waals surface area contributed by atoms with Crippen molar-refractivity contribution in [2.75, 3.05) is 12.0 Å². The van der Waals surface area contributed by atoms with Crippen molar-refractivity contribution in [3.8, 4) is 0 Å². The molecule has 0 radical (unpaired) electrons. The number of hydrogen-bond acceptors (Lipinski definition) is 4. The van der Waals surface area contributed by atoms with E-state index in [1.165, 1.54) is 6.26 Å². The molecule has 19 heavy (non-hydrogen) atoms. The molecule has 0 bridgehead atoms. The lowest BCUT2D eigenvalue weighted by molar-refractivity contribution is 0.602. The second-order valence-corrected chi connectivity index (χ2v) is 7.30. The first-order valence-corrected chi connectivity index (χ1v) is 8.61. The van der Waals surface area contributed by atoms with E-state index in [1.54, 1.807) is 23.9 Å². The predicted octanol–water partition coefficient (Wildman–Crippen LogP) is 2.96. The summed E-state index contributed by atoms with van der Waals surface area (Å²) >= 11 is 1.63. The molecule has 2 N–H and O–H groups in total. The van der Waals surface area contributed by atoms with Crippen LogP contribution in [0.5, 0.6) is 0 Å². The smallest absolute Gasteiger partial charge is 0.175 e. The molecule has 0 unspecified atom stereocenters. The fraction of sp³-hybridized carbons (Fsp3) is 0.143. The second kappa shape index (κ2) is 5.67. The summed E-state index contributed by atoms with van der Waals surface area (Å²) in [6.07, 6.45) is 1.21. The minimum absolute atomic E-state index is 0.344. The van der Waals surface area contributed by atoms with Crippen LogP contribution in [0.1, 0.15) is 5.56 Å². The van der Waals surface area contributed by atoms with Gasteiger partial charge in [0.2, 0.25) is 0 Å². The first kappa shape index (κ1) is 14.0. The van der Waals surface area contributed by atoms with E-state index in [-0.39, 0.29) is 0 Å². The van der Waals surface area contributed by atoms with E-state index in [4.69, 9.17) is 5.73 Å². The number of hydrogen-bond donors (Lipinski definition) is 1. The Labute approximate surface area is 117 Å². The third kappa shape index (κ3) is 3.75. The van der Waals surface area contributed by atoms with Crippen molar-refractivity contribution in [2.24, 2.45) is 0 Å². The number of rotatable bonds is 4. The number of para-hydroxylation sites is 1. The highest BCUT2D eigenvalue weighted by atomic mass is 32.2. The van der Waals surface area contributed by atoms with E-state index in [0.717, 1.165) is 21.9 Å². The van der Waals surface area contributed by atoms with Gasteiger partial charge in [-0.1, -0.05) is 18.2 Å². The minimum atomic E-state index is -3.12. The maximum absolute atomic E-state index is 11.3. The van der Waals surface area contributed by atoms with Crippen LogP contribution in [0.2, 0.25) is 0 Å². The lowest BCUT2D eigenvalue weighted by Crippen LogP contribution is -1.96. The summed E-state index contributed by atoms with van der Waals surface area (Å²) in [5, 5.41) is 0. The molecule has 0 heterocycles. The van der Waals surface area contributed by atoms with Crippen LogP contribution in [0, 0.1) is 0 Å². The molecule has 5 heteroatoms. The molecule has 100 valence electrons. The highest BCUT2D eigenvalue weighted by Gasteiger charge is 2.06. The summed E-state index contributed by atoms with van der Waals surface area (Å²) in [5.74, 6) is 0.769. The molecule has 0 spiro atoms. The SMILES string of the molecule is CS(=O)(=O)c1ccc(SCc2ccccc2N)cc1. The standard InChI is InChI=1S/C14H15NO2S2/c1-19(16,17)13-8-6-12(7-9-13)18-10-11-4-2-3-5-14(11)15/h2-9H,10,15H2,1H3. The third-order valence-corrected chi connectivity index (χ3v) is 4.89. The van der Waals surface area contributed by atoms with E-state index in [9.17, 15) is 8.42 Å². The molecule has 2 aromatic carbocycles. The highest BCUT2D eigenvalue weighted by Crippen LogP contribution is 2.26. The second-order valence-electron chi connectivity index (χ2n) is 4.23. The number of nitrogens with two attached hydrogens (primary N) is 1. The number of nitrogen functional groups attached to an aromatic ring is 1. The van der Waals surface area contributed by atoms with Crippen LogP contribution in [-0.2, 0) is 15.6 Å². The van der Waals surface area contributed by atoms with E-state index in [0.29, 0.717) is 4.90 Å². The largest absolute Gasteiger partial charge is 0.398 e. The summed E-state index contributed by atoms with van der Waals surface area (Å²) in [6.45, 7) is 0. The van der Waals surface area contributed by atoms with Crippen LogP contribution in [0.25, 0.3) is 0 Å².